The van der Waals surface area contributed by atoms with E-state index in [0.717, 1.165) is 18.4 Å². The van der Waals surface area contributed by atoms with Crippen molar-refractivity contribution in [2.24, 2.45) is 0 Å². The molecular formula is C14H17FN2O2. The van der Waals surface area contributed by atoms with Crippen LogP contribution in [0.5, 0.6) is 0 Å². The van der Waals surface area contributed by atoms with E-state index in [-0.39, 0.29) is 11.2 Å². The number of hydrogen-bond donors (Lipinski definition) is 2. The molecule has 1 aromatic rings. The maximum Gasteiger partial charge on any atom is 0.309 e. The zero-order valence-corrected chi connectivity index (χ0v) is 10.8. The summed E-state index contributed by atoms with van der Waals surface area (Å²) in [4.78, 5) is 22.8. The van der Waals surface area contributed by atoms with E-state index in [1.165, 1.54) is 12.1 Å². The molecule has 0 unspecified atom stereocenters. The van der Waals surface area contributed by atoms with Crippen LogP contribution in [0.15, 0.2) is 24.3 Å². The summed E-state index contributed by atoms with van der Waals surface area (Å²) in [5, 5.41) is 5.09. The Morgan fingerprint density at radius 3 is 2.26 bits per heavy atom. The number of rotatable bonds is 4. The van der Waals surface area contributed by atoms with Crippen LogP contribution in [0.4, 0.5) is 4.39 Å². The van der Waals surface area contributed by atoms with E-state index in [2.05, 4.69) is 10.6 Å². The van der Waals surface area contributed by atoms with Crippen LogP contribution in [0.1, 0.15) is 25.3 Å². The molecular weight excluding hydrogens is 247 g/mol. The molecule has 1 saturated carbocycles. The summed E-state index contributed by atoms with van der Waals surface area (Å²) in [6.45, 7) is 2.59. The molecule has 102 valence electrons. The lowest BCUT2D eigenvalue weighted by molar-refractivity contribution is -0.139. The van der Waals surface area contributed by atoms with Crippen LogP contribution in [0, 0.1) is 5.82 Å². The minimum Gasteiger partial charge on any atom is -0.348 e. The molecule has 0 heterocycles. The molecule has 0 bridgehead atoms. The van der Waals surface area contributed by atoms with Crippen LogP contribution in [0.3, 0.4) is 0 Å². The van der Waals surface area contributed by atoms with Crippen LogP contribution in [-0.4, -0.2) is 24.9 Å². The molecule has 0 spiro atoms. The lowest BCUT2D eigenvalue weighted by Gasteiger charge is -2.16. The number of amides is 2. The van der Waals surface area contributed by atoms with Gasteiger partial charge in [-0.25, -0.2) is 4.39 Å². The highest BCUT2D eigenvalue weighted by molar-refractivity contribution is 6.35. The number of carbonyl (C=O) groups excluding carboxylic acids is 2. The van der Waals surface area contributed by atoms with Gasteiger partial charge in [-0.05, 0) is 37.5 Å². The molecule has 2 amide bonds. The van der Waals surface area contributed by atoms with Crippen molar-refractivity contribution in [2.45, 2.75) is 25.2 Å². The summed E-state index contributed by atoms with van der Waals surface area (Å²) in [7, 11) is 0. The highest BCUT2D eigenvalue weighted by Crippen LogP contribution is 2.47. The average molecular weight is 264 g/mol. The molecule has 5 heteroatoms. The Kier molecular flexibility index (Phi) is 3.83. The molecule has 0 aliphatic heterocycles. The van der Waals surface area contributed by atoms with Gasteiger partial charge in [-0.2, -0.15) is 0 Å². The van der Waals surface area contributed by atoms with Gasteiger partial charge in [-0.1, -0.05) is 12.1 Å². The second-order valence-corrected chi connectivity index (χ2v) is 4.83. The van der Waals surface area contributed by atoms with Crippen molar-refractivity contribution in [1.29, 1.82) is 0 Å². The van der Waals surface area contributed by atoms with Crippen LogP contribution in [0.25, 0.3) is 0 Å². The number of nitrogens with one attached hydrogen (secondary N) is 2. The molecule has 1 fully saturated rings. The smallest absolute Gasteiger partial charge is 0.309 e. The van der Waals surface area contributed by atoms with E-state index >= 15 is 0 Å². The fourth-order valence-corrected chi connectivity index (χ4v) is 2.09. The van der Waals surface area contributed by atoms with Crippen molar-refractivity contribution in [2.75, 3.05) is 13.1 Å². The molecule has 0 aromatic heterocycles. The third-order valence-corrected chi connectivity index (χ3v) is 3.44. The van der Waals surface area contributed by atoms with Gasteiger partial charge in [0.1, 0.15) is 5.82 Å². The zero-order valence-electron chi connectivity index (χ0n) is 10.8. The Balaban J connectivity index is 1.94. The average Bonchev–Trinajstić information content (AvgIpc) is 3.18. The fraction of sp³-hybridized carbons (Fsp3) is 0.429. The molecule has 0 atom stereocenters. The first-order chi connectivity index (χ1) is 9.07. The van der Waals surface area contributed by atoms with Gasteiger partial charge in [-0.3, -0.25) is 9.59 Å². The topological polar surface area (TPSA) is 58.2 Å². The van der Waals surface area contributed by atoms with Crippen molar-refractivity contribution >= 4 is 11.8 Å². The summed E-state index contributed by atoms with van der Waals surface area (Å²) < 4.78 is 12.9. The standard InChI is InChI=1S/C14H17FN2O2/c1-2-16-12(18)13(19)17-9-14(7-8-14)10-3-5-11(15)6-4-10/h3-6H,2,7-9H2,1H3,(H,16,18)(H,17,19). The van der Waals surface area contributed by atoms with Crippen LogP contribution in [-0.2, 0) is 15.0 Å². The second kappa shape index (κ2) is 5.38. The normalized spacial score (nSPS) is 15.7. The Hall–Kier alpha value is -1.91. The lowest BCUT2D eigenvalue weighted by atomic mass is 9.96. The van der Waals surface area contributed by atoms with E-state index in [4.69, 9.17) is 0 Å². The zero-order chi connectivity index (χ0) is 13.9. The van der Waals surface area contributed by atoms with Gasteiger partial charge in [0.25, 0.3) is 0 Å². The van der Waals surface area contributed by atoms with E-state index < -0.39 is 11.8 Å². The maximum atomic E-state index is 12.9. The largest absolute Gasteiger partial charge is 0.348 e. The molecule has 1 aliphatic carbocycles. The summed E-state index contributed by atoms with van der Waals surface area (Å²) in [6, 6.07) is 6.31. The highest BCUT2D eigenvalue weighted by atomic mass is 19.1. The van der Waals surface area contributed by atoms with Gasteiger partial charge in [0.05, 0.1) is 0 Å². The Bertz CT molecular complexity index is 481. The Morgan fingerprint density at radius 1 is 1.16 bits per heavy atom. The number of carbonyl (C=O) groups is 2. The number of hydrogen-bond acceptors (Lipinski definition) is 2. The van der Waals surface area contributed by atoms with E-state index in [0.29, 0.717) is 13.1 Å². The lowest BCUT2D eigenvalue weighted by Crippen LogP contribution is -2.42. The van der Waals surface area contributed by atoms with E-state index in [1.54, 1.807) is 19.1 Å². The first-order valence-corrected chi connectivity index (χ1v) is 6.39. The van der Waals surface area contributed by atoms with Crippen molar-refractivity contribution in [3.63, 3.8) is 0 Å². The fourth-order valence-electron chi connectivity index (χ4n) is 2.09. The van der Waals surface area contributed by atoms with Crippen molar-refractivity contribution in [1.82, 2.24) is 10.6 Å². The van der Waals surface area contributed by atoms with Crippen molar-refractivity contribution < 1.29 is 14.0 Å². The maximum absolute atomic E-state index is 12.9. The van der Waals surface area contributed by atoms with Crippen molar-refractivity contribution in [3.05, 3.63) is 35.6 Å². The number of benzene rings is 1. The Labute approximate surface area is 111 Å². The molecule has 2 N–H and O–H groups in total. The molecule has 0 saturated heterocycles. The van der Waals surface area contributed by atoms with E-state index in [1.807, 2.05) is 0 Å². The van der Waals surface area contributed by atoms with Gasteiger partial charge in [0.15, 0.2) is 0 Å². The number of likely N-dealkylation sites (N-methyl/N-ethyl adjacent to an activating group) is 1. The predicted octanol–water partition coefficient (Wildman–Crippen LogP) is 1.11. The minimum absolute atomic E-state index is 0.129. The van der Waals surface area contributed by atoms with Gasteiger partial charge in [0.2, 0.25) is 0 Å². The van der Waals surface area contributed by atoms with Gasteiger partial charge in [-0.15, -0.1) is 0 Å². The molecule has 1 aromatic carbocycles. The molecule has 2 rings (SSSR count). The van der Waals surface area contributed by atoms with Crippen LogP contribution >= 0.6 is 0 Å². The molecule has 0 radical (unpaired) electrons. The Morgan fingerprint density at radius 2 is 1.74 bits per heavy atom. The van der Waals surface area contributed by atoms with Gasteiger partial charge >= 0.3 is 11.8 Å². The number of halogens is 1. The first-order valence-electron chi connectivity index (χ1n) is 6.39. The van der Waals surface area contributed by atoms with E-state index in [9.17, 15) is 14.0 Å². The van der Waals surface area contributed by atoms with Gasteiger partial charge in [0, 0.05) is 18.5 Å². The summed E-state index contributed by atoms with van der Waals surface area (Å²) >= 11 is 0. The molecule has 19 heavy (non-hydrogen) atoms. The first kappa shape index (κ1) is 13.5. The second-order valence-electron chi connectivity index (χ2n) is 4.83. The van der Waals surface area contributed by atoms with Gasteiger partial charge < -0.3 is 10.6 Å². The highest BCUT2D eigenvalue weighted by Gasteiger charge is 2.44. The summed E-state index contributed by atoms with van der Waals surface area (Å²) in [5.41, 5.74) is 0.876. The predicted molar refractivity (Wildman–Crippen MR) is 69.0 cm³/mol. The summed E-state index contributed by atoms with van der Waals surface area (Å²) in [5.74, 6) is -1.50. The molecule has 4 nitrogen and oxygen atoms in total. The quantitative estimate of drug-likeness (QED) is 0.800. The third kappa shape index (κ3) is 3.10. The summed E-state index contributed by atoms with van der Waals surface area (Å²) in [6.07, 6.45) is 1.88. The SMILES string of the molecule is CCNC(=O)C(=O)NCC1(c2ccc(F)cc2)CC1. The van der Waals surface area contributed by atoms with Crippen LogP contribution < -0.4 is 10.6 Å². The molecule has 1 aliphatic rings. The monoisotopic (exact) mass is 264 g/mol. The third-order valence-electron chi connectivity index (χ3n) is 3.44. The van der Waals surface area contributed by atoms with Crippen LogP contribution in [0.2, 0.25) is 0 Å². The minimum atomic E-state index is -0.616. The van der Waals surface area contributed by atoms with Crippen molar-refractivity contribution in [3.8, 4) is 0 Å².